The van der Waals surface area contributed by atoms with Crippen LogP contribution >= 0.6 is 27.5 Å². The van der Waals surface area contributed by atoms with Crippen LogP contribution in [-0.4, -0.2) is 4.92 Å². The number of halogens is 3. The van der Waals surface area contributed by atoms with E-state index in [0.29, 0.717) is 5.56 Å². The molecule has 0 aromatic heterocycles. The third-order valence-electron chi connectivity index (χ3n) is 2.68. The minimum atomic E-state index is -0.683. The van der Waals surface area contributed by atoms with Gasteiger partial charge in [-0.2, -0.15) is 0 Å². The maximum atomic E-state index is 13.6. The van der Waals surface area contributed by atoms with E-state index in [1.165, 1.54) is 0 Å². The Balaban J connectivity index is 2.54. The van der Waals surface area contributed by atoms with Gasteiger partial charge in [-0.1, -0.05) is 23.7 Å². The van der Waals surface area contributed by atoms with Crippen LogP contribution < -0.4 is 10.5 Å². The lowest BCUT2D eigenvalue weighted by Gasteiger charge is -2.12. The first-order valence-corrected chi connectivity index (χ1v) is 6.90. The molecule has 0 spiro atoms. The van der Waals surface area contributed by atoms with Crippen molar-refractivity contribution in [1.29, 1.82) is 0 Å². The zero-order valence-corrected chi connectivity index (χ0v) is 12.8. The summed E-state index contributed by atoms with van der Waals surface area (Å²) in [5.41, 5.74) is 5.74. The maximum absolute atomic E-state index is 13.6. The summed E-state index contributed by atoms with van der Waals surface area (Å²) in [4.78, 5) is 10.4. The van der Waals surface area contributed by atoms with Crippen molar-refractivity contribution in [2.45, 2.75) is 6.54 Å². The first-order chi connectivity index (χ1) is 9.93. The Morgan fingerprint density at radius 1 is 1.43 bits per heavy atom. The van der Waals surface area contributed by atoms with Gasteiger partial charge >= 0.3 is 5.69 Å². The van der Waals surface area contributed by atoms with Crippen molar-refractivity contribution in [3.05, 3.63) is 61.3 Å². The SMILES string of the molecule is NCc1cccc(Cl)c1Oc1cc(F)c(Br)cc1[N+](=O)[O-]. The van der Waals surface area contributed by atoms with E-state index in [0.717, 1.165) is 12.1 Å². The van der Waals surface area contributed by atoms with Crippen molar-refractivity contribution in [2.24, 2.45) is 5.73 Å². The largest absolute Gasteiger partial charge is 0.448 e. The van der Waals surface area contributed by atoms with E-state index < -0.39 is 10.7 Å². The third kappa shape index (κ3) is 3.31. The Kier molecular flexibility index (Phi) is 4.76. The van der Waals surface area contributed by atoms with Crippen LogP contribution in [0.15, 0.2) is 34.8 Å². The lowest BCUT2D eigenvalue weighted by Crippen LogP contribution is -2.01. The highest BCUT2D eigenvalue weighted by atomic mass is 79.9. The van der Waals surface area contributed by atoms with Gasteiger partial charge in [0.25, 0.3) is 0 Å². The molecule has 8 heteroatoms. The van der Waals surface area contributed by atoms with Gasteiger partial charge in [0.2, 0.25) is 5.75 Å². The summed E-state index contributed by atoms with van der Waals surface area (Å²) in [6.45, 7) is 0.128. The van der Waals surface area contributed by atoms with E-state index in [1.807, 2.05) is 0 Å². The van der Waals surface area contributed by atoms with Crippen molar-refractivity contribution in [2.75, 3.05) is 0 Å². The normalized spacial score (nSPS) is 10.5. The van der Waals surface area contributed by atoms with Gasteiger partial charge in [-0.15, -0.1) is 0 Å². The average molecular weight is 376 g/mol. The molecule has 0 saturated carbocycles. The topological polar surface area (TPSA) is 78.4 Å². The fourth-order valence-electron chi connectivity index (χ4n) is 1.68. The van der Waals surface area contributed by atoms with Gasteiger partial charge in [0.05, 0.1) is 14.4 Å². The summed E-state index contributed by atoms with van der Waals surface area (Å²) < 4.78 is 19.0. The van der Waals surface area contributed by atoms with Gasteiger partial charge in [-0.25, -0.2) is 4.39 Å². The molecule has 0 aliphatic rings. The number of nitro benzene ring substituents is 1. The van der Waals surface area contributed by atoms with E-state index in [-0.39, 0.29) is 33.2 Å². The zero-order valence-electron chi connectivity index (χ0n) is 10.5. The van der Waals surface area contributed by atoms with Crippen LogP contribution in [0.25, 0.3) is 0 Å². The summed E-state index contributed by atoms with van der Waals surface area (Å²) >= 11 is 8.90. The van der Waals surface area contributed by atoms with Crippen LogP contribution in [0.1, 0.15) is 5.56 Å². The molecule has 0 fully saturated rings. The summed E-state index contributed by atoms with van der Waals surface area (Å²) in [6.07, 6.45) is 0. The molecule has 0 atom stereocenters. The van der Waals surface area contributed by atoms with Crippen molar-refractivity contribution in [3.63, 3.8) is 0 Å². The van der Waals surface area contributed by atoms with Crippen molar-refractivity contribution in [3.8, 4) is 11.5 Å². The molecule has 0 radical (unpaired) electrons. The first-order valence-electron chi connectivity index (χ1n) is 5.72. The first kappa shape index (κ1) is 15.7. The summed E-state index contributed by atoms with van der Waals surface area (Å²) in [5.74, 6) is -0.757. The summed E-state index contributed by atoms with van der Waals surface area (Å²) in [7, 11) is 0. The molecule has 0 amide bonds. The molecule has 2 aromatic carbocycles. The van der Waals surface area contributed by atoms with Crippen LogP contribution in [-0.2, 0) is 6.54 Å². The van der Waals surface area contributed by atoms with Gasteiger partial charge in [0.15, 0.2) is 5.75 Å². The highest BCUT2D eigenvalue weighted by molar-refractivity contribution is 9.10. The molecule has 2 N–H and O–H groups in total. The van der Waals surface area contributed by atoms with E-state index in [2.05, 4.69) is 15.9 Å². The van der Waals surface area contributed by atoms with Gasteiger partial charge in [0, 0.05) is 24.2 Å². The Bertz CT molecular complexity index is 712. The smallest absolute Gasteiger partial charge is 0.312 e. The standard InChI is InChI=1S/C13H9BrClFN2O3/c14-8-4-11(18(19)20)12(5-10(8)16)21-13-7(6-17)2-1-3-9(13)15/h1-5H,6,17H2. The number of rotatable bonds is 4. The lowest BCUT2D eigenvalue weighted by molar-refractivity contribution is -0.385. The highest BCUT2D eigenvalue weighted by Crippen LogP contribution is 2.39. The minimum Gasteiger partial charge on any atom is -0.448 e. The van der Waals surface area contributed by atoms with Crippen LogP contribution in [0, 0.1) is 15.9 Å². The number of ether oxygens (including phenoxy) is 1. The number of nitrogens with zero attached hydrogens (tertiary/aromatic N) is 1. The predicted octanol–water partition coefficient (Wildman–Crippen LogP) is 4.40. The lowest BCUT2D eigenvalue weighted by atomic mass is 10.2. The third-order valence-corrected chi connectivity index (χ3v) is 3.58. The molecule has 21 heavy (non-hydrogen) atoms. The number of nitro groups is 1. The summed E-state index contributed by atoms with van der Waals surface area (Å²) in [5, 5.41) is 11.3. The number of hydrogen-bond donors (Lipinski definition) is 1. The Morgan fingerprint density at radius 3 is 2.76 bits per heavy atom. The summed E-state index contributed by atoms with van der Waals surface area (Å²) in [6, 6.07) is 6.85. The van der Waals surface area contributed by atoms with Gasteiger partial charge in [-0.3, -0.25) is 10.1 Å². The molecule has 0 saturated heterocycles. The molecule has 0 heterocycles. The molecule has 0 unspecified atom stereocenters. The fraction of sp³-hybridized carbons (Fsp3) is 0.0769. The van der Waals surface area contributed by atoms with Crippen molar-refractivity contribution >= 4 is 33.2 Å². The monoisotopic (exact) mass is 374 g/mol. The van der Waals surface area contributed by atoms with Crippen molar-refractivity contribution < 1.29 is 14.1 Å². The Hall–Kier alpha value is -1.70. The Labute approximate surface area is 132 Å². The molecular formula is C13H9BrClFN2O3. The number of hydrogen-bond acceptors (Lipinski definition) is 4. The van der Waals surface area contributed by atoms with E-state index in [1.54, 1.807) is 18.2 Å². The molecule has 2 aromatic rings. The van der Waals surface area contributed by atoms with E-state index in [4.69, 9.17) is 22.1 Å². The van der Waals surface area contributed by atoms with Crippen LogP contribution in [0.3, 0.4) is 0 Å². The van der Waals surface area contributed by atoms with Gasteiger partial charge in [-0.05, 0) is 22.0 Å². The van der Waals surface area contributed by atoms with Crippen molar-refractivity contribution in [1.82, 2.24) is 0 Å². The van der Waals surface area contributed by atoms with Crippen LogP contribution in [0.5, 0.6) is 11.5 Å². The highest BCUT2D eigenvalue weighted by Gasteiger charge is 2.21. The minimum absolute atomic E-state index is 0.0280. The number of benzene rings is 2. The maximum Gasteiger partial charge on any atom is 0.312 e. The molecule has 110 valence electrons. The fourth-order valence-corrected chi connectivity index (χ4v) is 2.24. The van der Waals surface area contributed by atoms with Crippen LogP contribution in [0.2, 0.25) is 5.02 Å². The predicted molar refractivity (Wildman–Crippen MR) is 80.2 cm³/mol. The second-order valence-electron chi connectivity index (χ2n) is 4.03. The van der Waals surface area contributed by atoms with Gasteiger partial charge in [0.1, 0.15) is 5.82 Å². The zero-order chi connectivity index (χ0) is 15.6. The molecule has 2 rings (SSSR count). The average Bonchev–Trinajstić information content (AvgIpc) is 2.44. The second kappa shape index (κ2) is 6.38. The van der Waals surface area contributed by atoms with E-state index in [9.17, 15) is 14.5 Å². The molecule has 0 bridgehead atoms. The quantitative estimate of drug-likeness (QED) is 0.634. The molecule has 0 aliphatic carbocycles. The second-order valence-corrected chi connectivity index (χ2v) is 5.29. The molecule has 0 aliphatic heterocycles. The molecule has 5 nitrogen and oxygen atoms in total. The Morgan fingerprint density at radius 2 is 2.14 bits per heavy atom. The number of para-hydroxylation sites is 1. The number of nitrogens with two attached hydrogens (primary N) is 1. The van der Waals surface area contributed by atoms with Crippen LogP contribution in [0.4, 0.5) is 10.1 Å². The molecular weight excluding hydrogens is 367 g/mol. The van der Waals surface area contributed by atoms with Gasteiger partial charge < -0.3 is 10.5 Å². The van der Waals surface area contributed by atoms with E-state index >= 15 is 0 Å².